The highest BCUT2D eigenvalue weighted by atomic mass is 16.2. The topological polar surface area (TPSA) is 58.4 Å². The van der Waals surface area contributed by atoms with Gasteiger partial charge in [-0.3, -0.25) is 4.79 Å². The molecule has 1 atom stereocenters. The maximum Gasteiger partial charge on any atom is 0.245 e. The Kier molecular flexibility index (Phi) is 2.55. The van der Waals surface area contributed by atoms with Gasteiger partial charge in [-0.25, -0.2) is 0 Å². The average Bonchev–Trinajstić information content (AvgIpc) is 2.55. The maximum atomic E-state index is 11.4. The minimum atomic E-state index is -0.554. The number of benzene rings is 1. The summed E-state index contributed by atoms with van der Waals surface area (Å²) in [5.74, 6) is 2.40. The summed E-state index contributed by atoms with van der Waals surface area (Å²) in [7, 11) is 1.90. The molecule has 0 saturated heterocycles. The fraction of sp³-hybridized carbons (Fsp3) is 0.250. The number of terminal acetylenes is 1. The Balaban J connectivity index is 2.32. The van der Waals surface area contributed by atoms with Gasteiger partial charge in [0.05, 0.1) is 6.54 Å². The first-order valence-corrected chi connectivity index (χ1v) is 4.98. The number of nitrogens with one attached hydrogen (secondary N) is 1. The molecule has 1 aromatic carbocycles. The van der Waals surface area contributed by atoms with Gasteiger partial charge in [-0.15, -0.1) is 6.42 Å². The highest BCUT2D eigenvalue weighted by molar-refractivity contribution is 6.02. The summed E-state index contributed by atoms with van der Waals surface area (Å²) in [6.45, 7) is 0.527. The molecule has 3 N–H and O–H groups in total. The van der Waals surface area contributed by atoms with E-state index in [2.05, 4.69) is 11.2 Å². The van der Waals surface area contributed by atoms with Crippen molar-refractivity contribution in [3.05, 3.63) is 23.8 Å². The lowest BCUT2D eigenvalue weighted by molar-refractivity contribution is -0.116. The van der Waals surface area contributed by atoms with Crippen molar-refractivity contribution in [1.82, 2.24) is 0 Å². The SMILES string of the molecule is C#CCN(C)c1ccc2c(c1)NC(=O)C2N. The molecule has 16 heavy (non-hydrogen) atoms. The van der Waals surface area contributed by atoms with Crippen molar-refractivity contribution in [3.63, 3.8) is 0 Å². The predicted octanol–water partition coefficient (Wildman–Crippen LogP) is 0.708. The van der Waals surface area contributed by atoms with E-state index in [4.69, 9.17) is 12.2 Å². The van der Waals surface area contributed by atoms with E-state index in [1.807, 2.05) is 30.1 Å². The Morgan fingerprint density at radius 3 is 3.06 bits per heavy atom. The zero-order valence-corrected chi connectivity index (χ0v) is 9.03. The minimum Gasteiger partial charge on any atom is -0.363 e. The van der Waals surface area contributed by atoms with Gasteiger partial charge in [-0.1, -0.05) is 12.0 Å². The molecule has 1 heterocycles. The van der Waals surface area contributed by atoms with Crippen LogP contribution in [0.1, 0.15) is 11.6 Å². The molecule has 0 saturated carbocycles. The average molecular weight is 215 g/mol. The first-order chi connectivity index (χ1) is 7.63. The Morgan fingerprint density at radius 2 is 2.38 bits per heavy atom. The van der Waals surface area contributed by atoms with Gasteiger partial charge in [0.15, 0.2) is 0 Å². The minimum absolute atomic E-state index is 0.160. The summed E-state index contributed by atoms with van der Waals surface area (Å²) in [6.07, 6.45) is 5.24. The van der Waals surface area contributed by atoms with Gasteiger partial charge in [-0.05, 0) is 12.1 Å². The van der Waals surface area contributed by atoms with Gasteiger partial charge in [-0.2, -0.15) is 0 Å². The van der Waals surface area contributed by atoms with E-state index in [0.717, 1.165) is 16.9 Å². The number of amides is 1. The quantitative estimate of drug-likeness (QED) is 0.714. The number of carbonyl (C=O) groups excluding carboxylic acids is 1. The summed E-state index contributed by atoms with van der Waals surface area (Å²) in [6, 6.07) is 5.11. The molecule has 1 aliphatic rings. The smallest absolute Gasteiger partial charge is 0.245 e. The molecule has 1 aromatic rings. The van der Waals surface area contributed by atoms with Crippen LogP contribution in [0.4, 0.5) is 11.4 Å². The van der Waals surface area contributed by atoms with E-state index < -0.39 is 6.04 Å². The summed E-state index contributed by atoms with van der Waals surface area (Å²) >= 11 is 0. The molecule has 1 aliphatic heterocycles. The van der Waals surface area contributed by atoms with Gasteiger partial charge in [0, 0.05) is 24.0 Å². The molecule has 2 rings (SSSR count). The number of hydrogen-bond acceptors (Lipinski definition) is 3. The lowest BCUT2D eigenvalue weighted by atomic mass is 10.1. The zero-order valence-electron chi connectivity index (χ0n) is 9.03. The largest absolute Gasteiger partial charge is 0.363 e. The van der Waals surface area contributed by atoms with Crippen LogP contribution in [0, 0.1) is 12.3 Å². The van der Waals surface area contributed by atoms with Crippen LogP contribution >= 0.6 is 0 Å². The molecule has 0 bridgehead atoms. The molecule has 0 radical (unpaired) electrons. The Hall–Kier alpha value is -1.99. The molecule has 82 valence electrons. The molecular weight excluding hydrogens is 202 g/mol. The molecule has 1 unspecified atom stereocenters. The van der Waals surface area contributed by atoms with Gasteiger partial charge in [0.25, 0.3) is 0 Å². The van der Waals surface area contributed by atoms with Crippen LogP contribution in [-0.2, 0) is 4.79 Å². The maximum absolute atomic E-state index is 11.4. The third kappa shape index (κ3) is 1.62. The van der Waals surface area contributed by atoms with E-state index in [9.17, 15) is 4.79 Å². The third-order valence-electron chi connectivity index (χ3n) is 2.68. The number of nitrogens with two attached hydrogens (primary N) is 1. The summed E-state index contributed by atoms with van der Waals surface area (Å²) in [5.41, 5.74) is 8.29. The number of hydrogen-bond donors (Lipinski definition) is 2. The van der Waals surface area contributed by atoms with Crippen molar-refractivity contribution in [3.8, 4) is 12.3 Å². The van der Waals surface area contributed by atoms with Crippen LogP contribution in [0.3, 0.4) is 0 Å². The van der Waals surface area contributed by atoms with Crippen molar-refractivity contribution >= 4 is 17.3 Å². The molecule has 1 amide bonds. The van der Waals surface area contributed by atoms with Crippen LogP contribution in [-0.4, -0.2) is 19.5 Å². The van der Waals surface area contributed by atoms with Gasteiger partial charge in [0.2, 0.25) is 5.91 Å². The number of fused-ring (bicyclic) bond motifs is 1. The van der Waals surface area contributed by atoms with Crippen molar-refractivity contribution in [2.24, 2.45) is 5.73 Å². The lowest BCUT2D eigenvalue weighted by Gasteiger charge is -2.17. The second kappa shape index (κ2) is 3.87. The second-order valence-corrected chi connectivity index (χ2v) is 3.80. The third-order valence-corrected chi connectivity index (χ3v) is 2.68. The molecule has 0 aliphatic carbocycles. The Morgan fingerprint density at radius 1 is 1.62 bits per heavy atom. The molecule has 4 nitrogen and oxygen atoms in total. The van der Waals surface area contributed by atoms with E-state index in [1.165, 1.54) is 0 Å². The van der Waals surface area contributed by atoms with Crippen LogP contribution in [0.25, 0.3) is 0 Å². The molecule has 0 aromatic heterocycles. The van der Waals surface area contributed by atoms with Gasteiger partial charge in [0.1, 0.15) is 6.04 Å². The molecule has 4 heteroatoms. The van der Waals surface area contributed by atoms with E-state index in [1.54, 1.807) is 0 Å². The fourth-order valence-electron chi connectivity index (χ4n) is 1.74. The normalized spacial score (nSPS) is 17.6. The zero-order chi connectivity index (χ0) is 11.7. The summed E-state index contributed by atoms with van der Waals surface area (Å²) < 4.78 is 0. The Labute approximate surface area is 94.4 Å². The second-order valence-electron chi connectivity index (χ2n) is 3.80. The standard InChI is InChI=1S/C12H13N3O/c1-3-6-15(2)8-4-5-9-10(7-8)14-12(16)11(9)13/h1,4-5,7,11H,6,13H2,2H3,(H,14,16). The number of rotatable bonds is 2. The summed E-state index contributed by atoms with van der Waals surface area (Å²) in [5, 5.41) is 2.74. The van der Waals surface area contributed by atoms with Crippen molar-refractivity contribution in [1.29, 1.82) is 0 Å². The van der Waals surface area contributed by atoms with E-state index in [-0.39, 0.29) is 5.91 Å². The van der Waals surface area contributed by atoms with Gasteiger partial charge < -0.3 is 16.0 Å². The first kappa shape index (κ1) is 10.5. The van der Waals surface area contributed by atoms with Crippen LogP contribution in [0.2, 0.25) is 0 Å². The predicted molar refractivity (Wildman–Crippen MR) is 64.1 cm³/mol. The Bertz CT molecular complexity index is 476. The van der Waals surface area contributed by atoms with Crippen LogP contribution in [0.5, 0.6) is 0 Å². The number of anilines is 2. The number of nitrogens with zero attached hydrogens (tertiary/aromatic N) is 1. The van der Waals surface area contributed by atoms with E-state index >= 15 is 0 Å². The molecule has 0 spiro atoms. The molecule has 0 fully saturated rings. The molecular formula is C12H13N3O. The van der Waals surface area contributed by atoms with Crippen molar-refractivity contribution in [2.75, 3.05) is 23.8 Å². The van der Waals surface area contributed by atoms with Gasteiger partial charge >= 0.3 is 0 Å². The van der Waals surface area contributed by atoms with Crippen LogP contribution in [0.15, 0.2) is 18.2 Å². The van der Waals surface area contributed by atoms with Crippen molar-refractivity contribution < 1.29 is 4.79 Å². The highest BCUT2D eigenvalue weighted by Crippen LogP contribution is 2.32. The number of carbonyl (C=O) groups is 1. The first-order valence-electron chi connectivity index (χ1n) is 4.98. The lowest BCUT2D eigenvalue weighted by Crippen LogP contribution is -2.19. The fourth-order valence-corrected chi connectivity index (χ4v) is 1.74. The summed E-state index contributed by atoms with van der Waals surface area (Å²) in [4.78, 5) is 13.3. The monoisotopic (exact) mass is 215 g/mol. The van der Waals surface area contributed by atoms with Crippen LogP contribution < -0.4 is 16.0 Å². The highest BCUT2D eigenvalue weighted by Gasteiger charge is 2.27. The van der Waals surface area contributed by atoms with Crippen molar-refractivity contribution in [2.45, 2.75) is 6.04 Å². The van der Waals surface area contributed by atoms with E-state index in [0.29, 0.717) is 6.54 Å².